The topological polar surface area (TPSA) is 65.3 Å². The molecule has 1 aromatic heterocycles. The van der Waals surface area contributed by atoms with Gasteiger partial charge in [0.2, 0.25) is 0 Å². The van der Waals surface area contributed by atoms with Crippen LogP contribution in [0.3, 0.4) is 0 Å². The number of nitrogens with one attached hydrogen (secondary N) is 2. The smallest absolute Gasteiger partial charge is 0.191 e. The first-order valence-corrected chi connectivity index (χ1v) is 11.2. The second kappa shape index (κ2) is 13.5. The lowest BCUT2D eigenvalue weighted by atomic mass is 9.84. The molecular weight excluding hydrogens is 493 g/mol. The summed E-state index contributed by atoms with van der Waals surface area (Å²) in [6, 6.07) is 3.82. The maximum absolute atomic E-state index is 5.65. The zero-order valence-electron chi connectivity index (χ0n) is 18.7. The number of hydrogen-bond acceptors (Lipinski definition) is 5. The second-order valence-corrected chi connectivity index (χ2v) is 8.41. The van der Waals surface area contributed by atoms with Gasteiger partial charge in [0.15, 0.2) is 5.96 Å². The van der Waals surface area contributed by atoms with Crippen LogP contribution in [-0.4, -0.2) is 81.3 Å². The Morgan fingerprint density at radius 1 is 1.17 bits per heavy atom. The van der Waals surface area contributed by atoms with Crippen LogP contribution in [0.2, 0.25) is 0 Å². The first-order chi connectivity index (χ1) is 14.2. The van der Waals surface area contributed by atoms with Gasteiger partial charge < -0.3 is 24.7 Å². The fourth-order valence-electron chi connectivity index (χ4n) is 4.43. The van der Waals surface area contributed by atoms with Crippen LogP contribution in [-0.2, 0) is 11.3 Å². The zero-order valence-corrected chi connectivity index (χ0v) is 21.0. The molecule has 0 bridgehead atoms. The normalized spacial score (nSPS) is 20.5. The minimum Gasteiger partial charge on any atom is -0.467 e. The molecule has 0 aliphatic carbocycles. The molecule has 2 aliphatic heterocycles. The lowest BCUT2D eigenvalue weighted by Gasteiger charge is -2.50. The van der Waals surface area contributed by atoms with Gasteiger partial charge in [0, 0.05) is 32.3 Å². The molecule has 2 fully saturated rings. The molecule has 0 radical (unpaired) electrons. The van der Waals surface area contributed by atoms with Crippen LogP contribution in [0, 0.1) is 0 Å². The van der Waals surface area contributed by atoms with Crippen molar-refractivity contribution in [2.45, 2.75) is 50.7 Å². The standard InChI is InChI=1S/C22H39N5O2.HI/c1-23-21(24-11-7-16-28-18-20-8-6-17-29-20)25-19-22(9-14-26(2)15-10-22)27-12-4-3-5-13-27;/h6,8,17H,3-5,7,9-16,18-19H2,1-2H3,(H2,23,24,25);1H. The van der Waals surface area contributed by atoms with Crippen molar-refractivity contribution in [3.05, 3.63) is 24.2 Å². The number of aliphatic imine (C=N–C) groups is 1. The Balaban J connectivity index is 0.00000320. The molecule has 1 aromatic rings. The molecule has 172 valence electrons. The summed E-state index contributed by atoms with van der Waals surface area (Å²) in [6.07, 6.45) is 9.12. The van der Waals surface area contributed by atoms with Gasteiger partial charge in [-0.05, 0) is 77.5 Å². The summed E-state index contributed by atoms with van der Waals surface area (Å²) in [7, 11) is 4.09. The van der Waals surface area contributed by atoms with Crippen LogP contribution in [0.1, 0.15) is 44.3 Å². The summed E-state index contributed by atoms with van der Waals surface area (Å²) in [6.45, 7) is 7.89. The van der Waals surface area contributed by atoms with E-state index < -0.39 is 0 Å². The Morgan fingerprint density at radius 3 is 2.60 bits per heavy atom. The van der Waals surface area contributed by atoms with E-state index in [1.165, 1.54) is 58.3 Å². The van der Waals surface area contributed by atoms with Crippen molar-refractivity contribution in [3.63, 3.8) is 0 Å². The number of guanidine groups is 1. The van der Waals surface area contributed by atoms with Gasteiger partial charge in [0.1, 0.15) is 12.4 Å². The van der Waals surface area contributed by atoms with Crippen LogP contribution < -0.4 is 10.6 Å². The third-order valence-corrected chi connectivity index (χ3v) is 6.34. The molecule has 0 spiro atoms. The lowest BCUT2D eigenvalue weighted by Crippen LogP contribution is -2.62. The molecule has 8 heteroatoms. The highest BCUT2D eigenvalue weighted by Gasteiger charge is 2.39. The molecular formula is C22H40IN5O2. The number of nitrogens with zero attached hydrogens (tertiary/aromatic N) is 3. The van der Waals surface area contributed by atoms with Gasteiger partial charge in [0.25, 0.3) is 0 Å². The predicted molar refractivity (Wildman–Crippen MR) is 133 cm³/mol. The van der Waals surface area contributed by atoms with Crippen molar-refractivity contribution in [1.29, 1.82) is 0 Å². The molecule has 30 heavy (non-hydrogen) atoms. The molecule has 3 rings (SSSR count). The van der Waals surface area contributed by atoms with E-state index in [4.69, 9.17) is 9.15 Å². The predicted octanol–water partition coefficient (Wildman–Crippen LogP) is 2.92. The molecule has 0 aromatic carbocycles. The van der Waals surface area contributed by atoms with E-state index in [1.807, 2.05) is 19.2 Å². The number of halogens is 1. The third kappa shape index (κ3) is 7.69. The average molecular weight is 533 g/mol. The van der Waals surface area contributed by atoms with Crippen LogP contribution in [0.25, 0.3) is 0 Å². The van der Waals surface area contributed by atoms with Crippen LogP contribution in [0.15, 0.2) is 27.8 Å². The maximum Gasteiger partial charge on any atom is 0.191 e. The third-order valence-electron chi connectivity index (χ3n) is 6.34. The molecule has 0 saturated carbocycles. The average Bonchev–Trinajstić information content (AvgIpc) is 3.28. The Hall–Kier alpha value is -0.840. The van der Waals surface area contributed by atoms with Gasteiger partial charge in [-0.25, -0.2) is 0 Å². The fourth-order valence-corrected chi connectivity index (χ4v) is 4.43. The van der Waals surface area contributed by atoms with E-state index in [-0.39, 0.29) is 29.5 Å². The van der Waals surface area contributed by atoms with E-state index in [0.29, 0.717) is 13.2 Å². The van der Waals surface area contributed by atoms with E-state index in [2.05, 4.69) is 32.5 Å². The molecule has 2 N–H and O–H groups in total. The summed E-state index contributed by atoms with van der Waals surface area (Å²) in [5.41, 5.74) is 0.261. The van der Waals surface area contributed by atoms with Crippen molar-refractivity contribution >= 4 is 29.9 Å². The molecule has 3 heterocycles. The van der Waals surface area contributed by atoms with E-state index in [0.717, 1.165) is 31.2 Å². The monoisotopic (exact) mass is 533 g/mol. The molecule has 0 unspecified atom stereocenters. The Kier molecular flexibility index (Phi) is 11.5. The molecule has 2 aliphatic rings. The highest BCUT2D eigenvalue weighted by Crippen LogP contribution is 2.30. The van der Waals surface area contributed by atoms with Crippen molar-refractivity contribution in [1.82, 2.24) is 20.4 Å². The van der Waals surface area contributed by atoms with Gasteiger partial charge in [-0.1, -0.05) is 6.42 Å². The number of furan rings is 1. The quantitative estimate of drug-likeness (QED) is 0.220. The highest BCUT2D eigenvalue weighted by atomic mass is 127. The van der Waals surface area contributed by atoms with Crippen molar-refractivity contribution in [2.75, 3.05) is 60.0 Å². The van der Waals surface area contributed by atoms with Gasteiger partial charge in [-0.2, -0.15) is 0 Å². The first kappa shape index (κ1) is 25.4. The van der Waals surface area contributed by atoms with Gasteiger partial charge >= 0.3 is 0 Å². The Labute approximate surface area is 199 Å². The first-order valence-electron chi connectivity index (χ1n) is 11.2. The summed E-state index contributed by atoms with van der Waals surface area (Å²) >= 11 is 0. The number of rotatable bonds is 9. The summed E-state index contributed by atoms with van der Waals surface area (Å²) in [5.74, 6) is 1.77. The van der Waals surface area contributed by atoms with Gasteiger partial charge in [-0.3, -0.25) is 9.89 Å². The van der Waals surface area contributed by atoms with Gasteiger partial charge in [0.05, 0.1) is 6.26 Å². The van der Waals surface area contributed by atoms with Crippen molar-refractivity contribution < 1.29 is 9.15 Å². The van der Waals surface area contributed by atoms with E-state index in [9.17, 15) is 0 Å². The Bertz CT molecular complexity index is 597. The summed E-state index contributed by atoms with van der Waals surface area (Å²) in [4.78, 5) is 9.64. The SMILES string of the molecule is CN=C(NCCCOCc1ccco1)NCC1(N2CCCCC2)CCN(C)CC1.I. The number of likely N-dealkylation sites (tertiary alicyclic amines) is 2. The maximum atomic E-state index is 5.65. The van der Waals surface area contributed by atoms with Crippen LogP contribution in [0.5, 0.6) is 0 Å². The van der Waals surface area contributed by atoms with Crippen LogP contribution >= 0.6 is 24.0 Å². The summed E-state index contributed by atoms with van der Waals surface area (Å²) < 4.78 is 10.9. The number of piperidine rings is 2. The van der Waals surface area contributed by atoms with Crippen LogP contribution in [0.4, 0.5) is 0 Å². The highest BCUT2D eigenvalue weighted by molar-refractivity contribution is 14.0. The van der Waals surface area contributed by atoms with E-state index in [1.54, 1.807) is 6.26 Å². The largest absolute Gasteiger partial charge is 0.467 e. The second-order valence-electron chi connectivity index (χ2n) is 8.41. The number of ether oxygens (including phenoxy) is 1. The minimum atomic E-state index is 0. The minimum absolute atomic E-state index is 0. The summed E-state index contributed by atoms with van der Waals surface area (Å²) in [5, 5.41) is 7.07. The van der Waals surface area contributed by atoms with E-state index >= 15 is 0 Å². The molecule has 0 amide bonds. The van der Waals surface area contributed by atoms with Crippen molar-refractivity contribution in [3.8, 4) is 0 Å². The van der Waals surface area contributed by atoms with Gasteiger partial charge in [-0.15, -0.1) is 24.0 Å². The Morgan fingerprint density at radius 2 is 1.93 bits per heavy atom. The molecule has 0 atom stereocenters. The van der Waals surface area contributed by atoms with Crippen molar-refractivity contribution in [2.24, 2.45) is 4.99 Å². The molecule has 7 nitrogen and oxygen atoms in total. The number of hydrogen-bond donors (Lipinski definition) is 2. The zero-order chi connectivity index (χ0) is 20.4. The fraction of sp³-hybridized carbons (Fsp3) is 0.773. The molecule has 2 saturated heterocycles. The lowest BCUT2D eigenvalue weighted by molar-refractivity contribution is 0.0173.